The van der Waals surface area contributed by atoms with Crippen molar-refractivity contribution in [3.05, 3.63) is 58.6 Å². The molecule has 31 heavy (non-hydrogen) atoms. The number of hydrogen-bond acceptors (Lipinski definition) is 3. The van der Waals surface area contributed by atoms with Gasteiger partial charge in [-0.1, -0.05) is 30.9 Å². The van der Waals surface area contributed by atoms with E-state index in [1.54, 1.807) is 30.3 Å². The maximum Gasteiger partial charge on any atom is 0.255 e. The molecule has 6 heteroatoms. The predicted molar refractivity (Wildman–Crippen MR) is 126 cm³/mol. The summed E-state index contributed by atoms with van der Waals surface area (Å²) >= 11 is 6.46. The zero-order valence-electron chi connectivity index (χ0n) is 18.2. The minimum absolute atomic E-state index is 0.00817. The van der Waals surface area contributed by atoms with Crippen LogP contribution in [0.4, 0.5) is 11.4 Å². The van der Waals surface area contributed by atoms with Crippen LogP contribution in [0, 0.1) is 11.8 Å². The first-order valence-electron chi connectivity index (χ1n) is 11.1. The van der Waals surface area contributed by atoms with Crippen LogP contribution >= 0.6 is 11.6 Å². The number of anilines is 2. The summed E-state index contributed by atoms with van der Waals surface area (Å²) in [5, 5.41) is 3.24. The van der Waals surface area contributed by atoms with Crippen LogP contribution in [0.5, 0.6) is 0 Å². The van der Waals surface area contributed by atoms with Gasteiger partial charge in [0.2, 0.25) is 0 Å². The van der Waals surface area contributed by atoms with Crippen molar-refractivity contribution in [2.24, 2.45) is 11.8 Å². The summed E-state index contributed by atoms with van der Waals surface area (Å²) in [4.78, 5) is 29.6. The SMILES string of the molecule is CN(C)c1ccc(C(=O)Nc2ccc(C(=O)N3CC[C@H]4CCCC[C@H]4C3)c(Cl)c2)cc1. The molecule has 1 heterocycles. The first-order valence-corrected chi connectivity index (χ1v) is 11.5. The monoisotopic (exact) mass is 439 g/mol. The van der Waals surface area contributed by atoms with E-state index in [0.29, 0.717) is 27.8 Å². The van der Waals surface area contributed by atoms with Gasteiger partial charge in [-0.05, 0) is 67.1 Å². The van der Waals surface area contributed by atoms with Crippen molar-refractivity contribution < 1.29 is 9.59 Å². The Hall–Kier alpha value is -2.53. The van der Waals surface area contributed by atoms with Gasteiger partial charge in [-0.15, -0.1) is 0 Å². The summed E-state index contributed by atoms with van der Waals surface area (Å²) in [6, 6.07) is 12.5. The van der Waals surface area contributed by atoms with Crippen molar-refractivity contribution in [2.75, 3.05) is 37.4 Å². The minimum Gasteiger partial charge on any atom is -0.378 e. The number of benzene rings is 2. The Balaban J connectivity index is 1.41. The third-order valence-electron chi connectivity index (χ3n) is 6.68. The maximum atomic E-state index is 13.1. The summed E-state index contributed by atoms with van der Waals surface area (Å²) < 4.78 is 0. The van der Waals surface area contributed by atoms with E-state index in [1.165, 1.54) is 25.7 Å². The lowest BCUT2D eigenvalue weighted by atomic mass is 9.75. The van der Waals surface area contributed by atoms with Crippen LogP contribution in [0.15, 0.2) is 42.5 Å². The molecule has 164 valence electrons. The smallest absolute Gasteiger partial charge is 0.255 e. The number of halogens is 1. The number of likely N-dealkylation sites (tertiary alicyclic amines) is 1. The Kier molecular flexibility index (Phi) is 6.51. The van der Waals surface area contributed by atoms with E-state index >= 15 is 0 Å². The highest BCUT2D eigenvalue weighted by Gasteiger charge is 2.33. The van der Waals surface area contributed by atoms with Gasteiger partial charge in [-0.25, -0.2) is 0 Å². The molecule has 1 aliphatic heterocycles. The van der Waals surface area contributed by atoms with E-state index in [1.807, 2.05) is 36.0 Å². The normalized spacial score (nSPS) is 20.7. The van der Waals surface area contributed by atoms with Crippen LogP contribution in [-0.2, 0) is 0 Å². The fourth-order valence-electron chi connectivity index (χ4n) is 4.84. The Morgan fingerprint density at radius 1 is 1.00 bits per heavy atom. The van der Waals surface area contributed by atoms with E-state index in [4.69, 9.17) is 11.6 Å². The molecule has 1 aliphatic carbocycles. The minimum atomic E-state index is -0.208. The first kappa shape index (κ1) is 21.7. The number of carbonyl (C=O) groups is 2. The molecule has 0 aromatic heterocycles. The van der Waals surface area contributed by atoms with Crippen molar-refractivity contribution in [3.8, 4) is 0 Å². The highest BCUT2D eigenvalue weighted by Crippen LogP contribution is 2.37. The van der Waals surface area contributed by atoms with Crippen LogP contribution in [0.2, 0.25) is 5.02 Å². The zero-order chi connectivity index (χ0) is 22.0. The number of nitrogens with one attached hydrogen (secondary N) is 1. The Labute approximate surface area is 189 Å². The number of fused-ring (bicyclic) bond motifs is 1. The van der Waals surface area contributed by atoms with Crippen LogP contribution in [0.1, 0.15) is 52.8 Å². The van der Waals surface area contributed by atoms with Gasteiger partial charge in [0, 0.05) is 44.1 Å². The van der Waals surface area contributed by atoms with Crippen LogP contribution in [0.3, 0.4) is 0 Å². The van der Waals surface area contributed by atoms with Gasteiger partial charge < -0.3 is 15.1 Å². The molecule has 0 spiro atoms. The summed E-state index contributed by atoms with van der Waals surface area (Å²) in [6.45, 7) is 1.64. The second-order valence-corrected chi connectivity index (χ2v) is 9.34. The molecule has 2 amide bonds. The van der Waals surface area contributed by atoms with E-state index < -0.39 is 0 Å². The molecule has 1 saturated carbocycles. The molecule has 0 bridgehead atoms. The predicted octanol–water partition coefficient (Wildman–Crippen LogP) is 5.31. The molecule has 2 aromatic rings. The van der Waals surface area contributed by atoms with Crippen molar-refractivity contribution in [1.82, 2.24) is 4.90 Å². The van der Waals surface area contributed by atoms with Crippen LogP contribution in [0.25, 0.3) is 0 Å². The van der Waals surface area contributed by atoms with E-state index in [9.17, 15) is 9.59 Å². The summed E-state index contributed by atoms with van der Waals surface area (Å²) in [5.74, 6) is 1.19. The second-order valence-electron chi connectivity index (χ2n) is 8.93. The molecule has 2 fully saturated rings. The van der Waals surface area contributed by atoms with Gasteiger partial charge in [0.15, 0.2) is 0 Å². The maximum absolute atomic E-state index is 13.1. The largest absolute Gasteiger partial charge is 0.378 e. The summed E-state index contributed by atoms with van der Waals surface area (Å²) in [7, 11) is 3.91. The summed E-state index contributed by atoms with van der Waals surface area (Å²) in [5.41, 5.74) is 2.68. The van der Waals surface area contributed by atoms with Gasteiger partial charge in [-0.2, -0.15) is 0 Å². The summed E-state index contributed by atoms with van der Waals surface area (Å²) in [6.07, 6.45) is 6.22. The number of hydrogen-bond donors (Lipinski definition) is 1. The fourth-order valence-corrected chi connectivity index (χ4v) is 5.10. The Bertz CT molecular complexity index is 958. The van der Waals surface area contributed by atoms with Gasteiger partial charge in [0.25, 0.3) is 11.8 Å². The topological polar surface area (TPSA) is 52.7 Å². The highest BCUT2D eigenvalue weighted by molar-refractivity contribution is 6.34. The fraction of sp³-hybridized carbons (Fsp3) is 0.440. The molecule has 0 unspecified atom stereocenters. The zero-order valence-corrected chi connectivity index (χ0v) is 19.0. The second kappa shape index (κ2) is 9.31. The lowest BCUT2D eigenvalue weighted by molar-refractivity contribution is 0.0521. The average molecular weight is 440 g/mol. The number of amides is 2. The Morgan fingerprint density at radius 3 is 2.39 bits per heavy atom. The number of nitrogens with zero attached hydrogens (tertiary/aromatic N) is 2. The molecule has 4 rings (SSSR count). The van der Waals surface area contributed by atoms with Gasteiger partial charge >= 0.3 is 0 Å². The first-order chi connectivity index (χ1) is 14.9. The molecule has 1 N–H and O–H groups in total. The van der Waals surface area contributed by atoms with E-state index in [-0.39, 0.29) is 11.8 Å². The van der Waals surface area contributed by atoms with E-state index in [0.717, 1.165) is 31.1 Å². The van der Waals surface area contributed by atoms with Gasteiger partial charge in [0.1, 0.15) is 0 Å². The van der Waals surface area contributed by atoms with Crippen LogP contribution in [-0.4, -0.2) is 43.9 Å². The number of piperidine rings is 1. The molecular weight excluding hydrogens is 410 g/mol. The van der Waals surface area contributed by atoms with Crippen molar-refractivity contribution in [3.63, 3.8) is 0 Å². The third-order valence-corrected chi connectivity index (χ3v) is 6.99. The third kappa shape index (κ3) is 4.87. The number of rotatable bonds is 4. The lowest BCUT2D eigenvalue weighted by Crippen LogP contribution is -2.44. The average Bonchev–Trinajstić information content (AvgIpc) is 2.78. The van der Waals surface area contributed by atoms with E-state index in [2.05, 4.69) is 5.32 Å². The highest BCUT2D eigenvalue weighted by atomic mass is 35.5. The van der Waals surface area contributed by atoms with Crippen molar-refractivity contribution in [2.45, 2.75) is 32.1 Å². The van der Waals surface area contributed by atoms with Crippen molar-refractivity contribution >= 4 is 34.8 Å². The van der Waals surface area contributed by atoms with Crippen LogP contribution < -0.4 is 10.2 Å². The molecule has 5 nitrogen and oxygen atoms in total. The number of carbonyl (C=O) groups excluding carboxylic acids is 2. The molecule has 2 atom stereocenters. The molecular formula is C25H30ClN3O2. The quantitative estimate of drug-likeness (QED) is 0.702. The molecule has 2 aromatic carbocycles. The molecule has 1 saturated heterocycles. The molecule has 2 aliphatic rings. The molecule has 0 radical (unpaired) electrons. The standard InChI is InChI=1S/C25H30ClN3O2/c1-28(2)21-10-7-18(8-11-21)24(30)27-20-9-12-22(23(26)15-20)25(31)29-14-13-17-5-3-4-6-19(17)16-29/h7-12,15,17,19H,3-6,13-14,16H2,1-2H3,(H,27,30)/t17-,19+/m1/s1. The van der Waals surface area contributed by atoms with Gasteiger partial charge in [-0.3, -0.25) is 9.59 Å². The van der Waals surface area contributed by atoms with Gasteiger partial charge in [0.05, 0.1) is 10.6 Å². The Morgan fingerprint density at radius 2 is 1.71 bits per heavy atom. The van der Waals surface area contributed by atoms with Crippen molar-refractivity contribution in [1.29, 1.82) is 0 Å². The lowest BCUT2D eigenvalue weighted by Gasteiger charge is -2.41.